The van der Waals surface area contributed by atoms with Gasteiger partial charge in [0.15, 0.2) is 0 Å². The van der Waals surface area contributed by atoms with Crippen LogP contribution in [0.3, 0.4) is 0 Å². The largest absolute Gasteiger partial charge is 0.428 e. The Kier molecular flexibility index (Phi) is 2.56. The van der Waals surface area contributed by atoms with Crippen molar-refractivity contribution in [1.29, 1.82) is 0 Å². The molecule has 1 fully saturated rings. The molecule has 84 valence electrons. The molecule has 0 aliphatic carbocycles. The van der Waals surface area contributed by atoms with Gasteiger partial charge in [0.1, 0.15) is 0 Å². The maximum atomic E-state index is 11.6. The van der Waals surface area contributed by atoms with Gasteiger partial charge in [0.25, 0.3) is 5.91 Å². The fourth-order valence-electron chi connectivity index (χ4n) is 1.45. The fraction of sp³-hybridized carbons (Fsp3) is 0.200. The highest BCUT2D eigenvalue weighted by atomic mass is 35.5. The van der Waals surface area contributed by atoms with Crippen LogP contribution in [-0.2, 0) is 15.1 Å². The summed E-state index contributed by atoms with van der Waals surface area (Å²) in [5.41, 5.74) is -0.865. The number of nitrogens with one attached hydrogen (secondary N) is 1. The molecule has 2 amide bonds. The monoisotopic (exact) mass is 259 g/mol. The summed E-state index contributed by atoms with van der Waals surface area (Å²) in [5, 5.41) is 2.74. The van der Waals surface area contributed by atoms with Gasteiger partial charge in [-0.3, -0.25) is 10.1 Å². The quantitative estimate of drug-likeness (QED) is 0.843. The Morgan fingerprint density at radius 3 is 2.44 bits per heavy atom. The number of hydrogen-bond donors (Lipinski definition) is 1. The van der Waals surface area contributed by atoms with E-state index in [4.69, 9.17) is 27.9 Å². The zero-order valence-corrected chi connectivity index (χ0v) is 9.72. The normalized spacial score (nSPS) is 24.2. The van der Waals surface area contributed by atoms with Gasteiger partial charge < -0.3 is 4.74 Å². The van der Waals surface area contributed by atoms with Crippen LogP contribution in [0.15, 0.2) is 18.2 Å². The van der Waals surface area contributed by atoms with E-state index in [9.17, 15) is 9.59 Å². The molecule has 0 bridgehead atoms. The van der Waals surface area contributed by atoms with Crippen LogP contribution in [0.4, 0.5) is 4.79 Å². The van der Waals surface area contributed by atoms with Crippen LogP contribution in [-0.4, -0.2) is 12.0 Å². The molecule has 0 aromatic heterocycles. The van der Waals surface area contributed by atoms with E-state index in [1.807, 2.05) is 0 Å². The number of carbonyl (C=O) groups excluding carboxylic acids is 2. The summed E-state index contributed by atoms with van der Waals surface area (Å²) in [6, 6.07) is 4.64. The highest BCUT2D eigenvalue weighted by molar-refractivity contribution is 6.42. The lowest BCUT2D eigenvalue weighted by Gasteiger charge is -2.19. The van der Waals surface area contributed by atoms with Crippen molar-refractivity contribution in [3.63, 3.8) is 0 Å². The van der Waals surface area contributed by atoms with E-state index in [0.717, 1.165) is 0 Å². The van der Waals surface area contributed by atoms with Crippen molar-refractivity contribution >= 4 is 35.2 Å². The zero-order valence-electron chi connectivity index (χ0n) is 8.21. The Labute approximate surface area is 101 Å². The lowest BCUT2D eigenvalue weighted by Crippen LogP contribution is -2.33. The van der Waals surface area contributed by atoms with Gasteiger partial charge >= 0.3 is 6.09 Å². The molecule has 1 heterocycles. The first-order valence-electron chi connectivity index (χ1n) is 4.43. The van der Waals surface area contributed by atoms with Crippen LogP contribution in [0.5, 0.6) is 0 Å². The SMILES string of the molecule is CC1(c2ccc(Cl)c(Cl)c2)OC(=O)NC1=O. The third kappa shape index (κ3) is 1.64. The van der Waals surface area contributed by atoms with E-state index in [2.05, 4.69) is 5.32 Å². The summed E-state index contributed by atoms with van der Waals surface area (Å²) in [4.78, 5) is 22.6. The number of cyclic esters (lactones) is 1. The Bertz CT molecular complexity index is 489. The number of amides is 2. The second kappa shape index (κ2) is 3.64. The fourth-order valence-corrected chi connectivity index (χ4v) is 1.75. The topological polar surface area (TPSA) is 55.4 Å². The van der Waals surface area contributed by atoms with Crippen molar-refractivity contribution in [3.8, 4) is 0 Å². The standard InChI is InChI=1S/C10H7Cl2NO3/c1-10(8(14)13-9(15)16-10)5-2-3-6(11)7(12)4-5/h2-4H,1H3,(H,13,14,15). The van der Waals surface area contributed by atoms with Crippen molar-refractivity contribution < 1.29 is 14.3 Å². The molecule has 4 nitrogen and oxygen atoms in total. The number of benzene rings is 1. The van der Waals surface area contributed by atoms with E-state index in [1.54, 1.807) is 12.1 Å². The number of hydrogen-bond acceptors (Lipinski definition) is 3. The molecule has 2 rings (SSSR count). The van der Waals surface area contributed by atoms with Crippen LogP contribution in [0, 0.1) is 0 Å². The van der Waals surface area contributed by atoms with Crippen molar-refractivity contribution in [1.82, 2.24) is 5.32 Å². The molecule has 0 saturated carbocycles. The van der Waals surface area contributed by atoms with Crippen molar-refractivity contribution in [2.24, 2.45) is 0 Å². The van der Waals surface area contributed by atoms with Crippen molar-refractivity contribution in [2.75, 3.05) is 0 Å². The van der Waals surface area contributed by atoms with Gasteiger partial charge in [-0.1, -0.05) is 29.3 Å². The van der Waals surface area contributed by atoms with E-state index in [1.165, 1.54) is 13.0 Å². The van der Waals surface area contributed by atoms with E-state index in [-0.39, 0.29) is 0 Å². The highest BCUT2D eigenvalue weighted by Crippen LogP contribution is 2.33. The van der Waals surface area contributed by atoms with Crippen molar-refractivity contribution in [2.45, 2.75) is 12.5 Å². The van der Waals surface area contributed by atoms with Gasteiger partial charge in [-0.2, -0.15) is 0 Å². The van der Waals surface area contributed by atoms with Crippen LogP contribution in [0.2, 0.25) is 10.0 Å². The van der Waals surface area contributed by atoms with Gasteiger partial charge in [0.2, 0.25) is 5.60 Å². The predicted octanol–water partition coefficient (Wildman–Crippen LogP) is 2.47. The maximum absolute atomic E-state index is 11.6. The predicted molar refractivity (Wildman–Crippen MR) is 58.4 cm³/mol. The first-order chi connectivity index (χ1) is 7.43. The second-order valence-electron chi connectivity index (χ2n) is 3.51. The average molecular weight is 260 g/mol. The Balaban J connectivity index is 2.47. The van der Waals surface area contributed by atoms with Gasteiger partial charge in [-0.05, 0) is 19.1 Å². The molecule has 1 saturated heterocycles. The summed E-state index contributed by atoms with van der Waals surface area (Å²) in [6.45, 7) is 1.49. The summed E-state index contributed by atoms with van der Waals surface area (Å²) in [5.74, 6) is -0.518. The second-order valence-corrected chi connectivity index (χ2v) is 4.32. The summed E-state index contributed by atoms with van der Waals surface area (Å²) in [6.07, 6.45) is -0.765. The average Bonchev–Trinajstić information content (AvgIpc) is 2.46. The number of ether oxygens (including phenoxy) is 1. The number of alkyl carbamates (subject to hydrolysis) is 1. The number of rotatable bonds is 1. The van der Waals surface area contributed by atoms with Crippen LogP contribution >= 0.6 is 23.2 Å². The molecular weight excluding hydrogens is 253 g/mol. The minimum atomic E-state index is -1.34. The Morgan fingerprint density at radius 2 is 1.94 bits per heavy atom. The molecule has 1 aliphatic rings. The molecule has 1 N–H and O–H groups in total. The minimum absolute atomic E-state index is 0.302. The Hall–Kier alpha value is -1.26. The van der Waals surface area contributed by atoms with Crippen molar-refractivity contribution in [3.05, 3.63) is 33.8 Å². The molecule has 6 heteroatoms. The van der Waals surface area contributed by atoms with Crippen LogP contribution in [0.25, 0.3) is 0 Å². The number of imide groups is 1. The molecular formula is C10H7Cl2NO3. The third-order valence-corrected chi connectivity index (χ3v) is 3.16. The summed E-state index contributed by atoms with van der Waals surface area (Å²) in [7, 11) is 0. The van der Waals surface area contributed by atoms with Crippen LogP contribution < -0.4 is 5.32 Å². The number of carbonyl (C=O) groups is 2. The zero-order chi connectivity index (χ0) is 11.9. The molecule has 1 aromatic rings. The lowest BCUT2D eigenvalue weighted by molar-refractivity contribution is -0.130. The molecule has 1 aliphatic heterocycles. The maximum Gasteiger partial charge on any atom is 0.415 e. The molecule has 16 heavy (non-hydrogen) atoms. The molecule has 1 atom stereocenters. The van der Waals surface area contributed by atoms with E-state index in [0.29, 0.717) is 15.6 Å². The van der Waals surface area contributed by atoms with Gasteiger partial charge in [0.05, 0.1) is 10.0 Å². The Morgan fingerprint density at radius 1 is 1.25 bits per heavy atom. The third-order valence-electron chi connectivity index (χ3n) is 2.42. The molecule has 0 spiro atoms. The number of halogens is 2. The first kappa shape index (κ1) is 11.2. The van der Waals surface area contributed by atoms with Gasteiger partial charge in [0, 0.05) is 5.56 Å². The van der Waals surface area contributed by atoms with E-state index >= 15 is 0 Å². The van der Waals surface area contributed by atoms with Gasteiger partial charge in [-0.25, -0.2) is 4.79 Å². The smallest absolute Gasteiger partial charge is 0.415 e. The lowest BCUT2D eigenvalue weighted by atomic mass is 9.96. The van der Waals surface area contributed by atoms with Gasteiger partial charge in [-0.15, -0.1) is 0 Å². The molecule has 1 aromatic carbocycles. The molecule has 1 unspecified atom stereocenters. The minimum Gasteiger partial charge on any atom is -0.428 e. The van der Waals surface area contributed by atoms with E-state index < -0.39 is 17.6 Å². The summed E-state index contributed by atoms with van der Waals surface area (Å²) < 4.78 is 4.94. The van der Waals surface area contributed by atoms with Crippen LogP contribution in [0.1, 0.15) is 12.5 Å². The first-order valence-corrected chi connectivity index (χ1v) is 5.19. The molecule has 0 radical (unpaired) electrons. The summed E-state index contributed by atoms with van der Waals surface area (Å²) >= 11 is 11.6. The highest BCUT2D eigenvalue weighted by Gasteiger charge is 2.46.